The quantitative estimate of drug-likeness (QED) is 0.645. The minimum absolute atomic E-state index is 0.00164. The van der Waals surface area contributed by atoms with Gasteiger partial charge in [0.05, 0.1) is 11.4 Å². The normalized spacial score (nSPS) is 21.5. The molecule has 0 aromatic heterocycles. The van der Waals surface area contributed by atoms with Crippen LogP contribution in [0.15, 0.2) is 83.9 Å². The average Bonchev–Trinajstić information content (AvgIpc) is 3.61. The highest BCUT2D eigenvalue weighted by Gasteiger charge is 2.40. The van der Waals surface area contributed by atoms with Crippen LogP contribution in [-0.2, 0) is 4.79 Å². The zero-order chi connectivity index (χ0) is 22.9. The third-order valence-electron chi connectivity index (χ3n) is 6.07. The van der Waals surface area contributed by atoms with E-state index in [0.29, 0.717) is 17.0 Å². The Bertz CT molecular complexity index is 1240. The molecule has 166 valence electrons. The second kappa shape index (κ2) is 8.50. The van der Waals surface area contributed by atoms with Crippen LogP contribution in [0.1, 0.15) is 29.0 Å². The van der Waals surface area contributed by atoms with Gasteiger partial charge in [-0.05, 0) is 30.2 Å². The third kappa shape index (κ3) is 4.09. The number of anilines is 1. The van der Waals surface area contributed by atoms with E-state index in [0.717, 1.165) is 6.42 Å². The van der Waals surface area contributed by atoms with Crippen molar-refractivity contribution in [2.24, 2.45) is 4.99 Å². The SMILES string of the molecule is CN1C(=O)C(NC(=O)NC2CC2c2ccccc2)N=C(c2ccccc2F)c2ccccc21. The highest BCUT2D eigenvalue weighted by molar-refractivity contribution is 6.20. The van der Waals surface area contributed by atoms with Crippen molar-refractivity contribution in [2.45, 2.75) is 24.5 Å². The zero-order valence-electron chi connectivity index (χ0n) is 18.0. The van der Waals surface area contributed by atoms with Gasteiger partial charge in [0.2, 0.25) is 6.17 Å². The Kier molecular flexibility index (Phi) is 5.38. The van der Waals surface area contributed by atoms with Crippen molar-refractivity contribution < 1.29 is 14.0 Å². The van der Waals surface area contributed by atoms with Gasteiger partial charge in [-0.25, -0.2) is 14.2 Å². The van der Waals surface area contributed by atoms with Crippen molar-refractivity contribution in [1.82, 2.24) is 10.6 Å². The molecule has 3 atom stereocenters. The lowest BCUT2D eigenvalue weighted by molar-refractivity contribution is -0.119. The van der Waals surface area contributed by atoms with Gasteiger partial charge in [0.15, 0.2) is 0 Å². The summed E-state index contributed by atoms with van der Waals surface area (Å²) in [6.07, 6.45) is -0.351. The molecule has 33 heavy (non-hydrogen) atoms. The van der Waals surface area contributed by atoms with Gasteiger partial charge >= 0.3 is 6.03 Å². The highest BCUT2D eigenvalue weighted by atomic mass is 19.1. The molecule has 1 saturated carbocycles. The van der Waals surface area contributed by atoms with Gasteiger partial charge in [-0.1, -0.05) is 60.7 Å². The van der Waals surface area contributed by atoms with Crippen LogP contribution in [0.3, 0.4) is 0 Å². The topological polar surface area (TPSA) is 73.8 Å². The Morgan fingerprint density at radius 2 is 1.61 bits per heavy atom. The van der Waals surface area contributed by atoms with Crippen LogP contribution in [0.5, 0.6) is 0 Å². The molecule has 1 aliphatic carbocycles. The van der Waals surface area contributed by atoms with E-state index in [-0.39, 0.29) is 17.5 Å². The smallest absolute Gasteiger partial charge is 0.317 e. The van der Waals surface area contributed by atoms with Crippen LogP contribution in [0.25, 0.3) is 0 Å². The second-order valence-corrected chi connectivity index (χ2v) is 8.25. The molecule has 2 N–H and O–H groups in total. The molecule has 3 amide bonds. The lowest BCUT2D eigenvalue weighted by Crippen LogP contribution is -2.50. The van der Waals surface area contributed by atoms with Crippen molar-refractivity contribution >= 4 is 23.3 Å². The molecular formula is C26H23FN4O2. The molecule has 0 radical (unpaired) electrons. The van der Waals surface area contributed by atoms with Crippen molar-refractivity contribution in [3.63, 3.8) is 0 Å². The molecule has 1 heterocycles. The van der Waals surface area contributed by atoms with Crippen molar-refractivity contribution in [3.8, 4) is 0 Å². The second-order valence-electron chi connectivity index (χ2n) is 8.25. The number of para-hydroxylation sites is 1. The van der Waals surface area contributed by atoms with Crippen molar-refractivity contribution in [3.05, 3.63) is 101 Å². The number of halogens is 1. The summed E-state index contributed by atoms with van der Waals surface area (Å²) < 4.78 is 14.7. The number of carbonyl (C=O) groups is 2. The van der Waals surface area contributed by atoms with E-state index in [1.54, 1.807) is 43.4 Å². The first kappa shape index (κ1) is 20.9. The first-order valence-corrected chi connectivity index (χ1v) is 10.8. The summed E-state index contributed by atoms with van der Waals surface area (Å²) in [6.45, 7) is 0. The van der Waals surface area contributed by atoms with Gasteiger partial charge < -0.3 is 15.5 Å². The van der Waals surface area contributed by atoms with E-state index < -0.39 is 23.9 Å². The fourth-order valence-electron chi connectivity index (χ4n) is 4.24. The number of amides is 3. The van der Waals surface area contributed by atoms with E-state index in [4.69, 9.17) is 0 Å². The molecule has 0 bridgehead atoms. The predicted octanol–water partition coefficient (Wildman–Crippen LogP) is 3.82. The van der Waals surface area contributed by atoms with Crippen molar-refractivity contribution in [2.75, 3.05) is 11.9 Å². The molecule has 7 heteroatoms. The molecule has 1 fully saturated rings. The summed E-state index contributed by atoms with van der Waals surface area (Å²) in [5.74, 6) is -0.597. The average molecular weight is 442 g/mol. The van der Waals surface area contributed by atoms with Gasteiger partial charge in [-0.15, -0.1) is 0 Å². The summed E-state index contributed by atoms with van der Waals surface area (Å²) in [7, 11) is 1.62. The van der Waals surface area contributed by atoms with Gasteiger partial charge in [-0.3, -0.25) is 4.79 Å². The summed E-state index contributed by atoms with van der Waals surface area (Å²) in [6, 6.07) is 23.0. The van der Waals surface area contributed by atoms with Gasteiger partial charge in [0.25, 0.3) is 5.91 Å². The first-order valence-electron chi connectivity index (χ1n) is 10.8. The Labute approximate surface area is 191 Å². The molecule has 1 aliphatic heterocycles. The molecule has 2 aliphatic rings. The van der Waals surface area contributed by atoms with E-state index in [9.17, 15) is 14.0 Å². The molecule has 3 unspecified atom stereocenters. The Hall–Kier alpha value is -4.00. The first-order chi connectivity index (χ1) is 16.0. The number of nitrogens with zero attached hydrogens (tertiary/aromatic N) is 2. The maximum Gasteiger partial charge on any atom is 0.317 e. The number of likely N-dealkylation sites (N-methyl/N-ethyl adjacent to an activating group) is 1. The van der Waals surface area contributed by atoms with Crippen LogP contribution in [-0.4, -0.2) is 36.9 Å². The zero-order valence-corrected chi connectivity index (χ0v) is 18.0. The summed E-state index contributed by atoms with van der Waals surface area (Å²) in [4.78, 5) is 31.9. The van der Waals surface area contributed by atoms with Crippen LogP contribution < -0.4 is 15.5 Å². The fraction of sp³-hybridized carbons (Fsp3) is 0.192. The number of rotatable bonds is 4. The summed E-state index contributed by atoms with van der Waals surface area (Å²) in [5.41, 5.74) is 2.98. The molecule has 3 aromatic rings. The predicted molar refractivity (Wildman–Crippen MR) is 125 cm³/mol. The number of nitrogens with one attached hydrogen (secondary N) is 2. The Balaban J connectivity index is 1.41. The molecule has 6 nitrogen and oxygen atoms in total. The molecule has 3 aromatic carbocycles. The van der Waals surface area contributed by atoms with E-state index >= 15 is 0 Å². The van der Waals surface area contributed by atoms with E-state index in [2.05, 4.69) is 15.6 Å². The third-order valence-corrected chi connectivity index (χ3v) is 6.07. The van der Waals surface area contributed by atoms with Crippen molar-refractivity contribution in [1.29, 1.82) is 0 Å². The molecule has 0 saturated heterocycles. The number of carbonyl (C=O) groups excluding carboxylic acids is 2. The molecule has 0 spiro atoms. The summed E-state index contributed by atoms with van der Waals surface area (Å²) in [5, 5.41) is 5.61. The highest BCUT2D eigenvalue weighted by Crippen LogP contribution is 2.40. The van der Waals surface area contributed by atoms with Crippen LogP contribution in [0.2, 0.25) is 0 Å². The number of aliphatic imine (C=N–C) groups is 1. The maximum atomic E-state index is 14.7. The lowest BCUT2D eigenvalue weighted by Gasteiger charge is -2.21. The van der Waals surface area contributed by atoms with Crippen LogP contribution in [0, 0.1) is 5.82 Å². The minimum Gasteiger partial charge on any atom is -0.335 e. The standard InChI is InChI=1S/C26H23FN4O2/c1-31-22-14-8-6-12-18(22)23(17-11-5-7-13-20(17)27)29-24(25(31)32)30-26(33)28-21-15-19(21)16-9-3-2-4-10-16/h2-14,19,21,24H,15H2,1H3,(H2,28,30,33). The number of hydrogen-bond acceptors (Lipinski definition) is 3. The lowest BCUT2D eigenvalue weighted by atomic mass is 10.00. The molecular weight excluding hydrogens is 419 g/mol. The van der Waals surface area contributed by atoms with Gasteiger partial charge in [0.1, 0.15) is 5.82 Å². The van der Waals surface area contributed by atoms with E-state index in [1.807, 2.05) is 36.4 Å². The van der Waals surface area contributed by atoms with Crippen LogP contribution >= 0.6 is 0 Å². The van der Waals surface area contributed by atoms with Gasteiger partial charge in [0, 0.05) is 30.1 Å². The number of fused-ring (bicyclic) bond motifs is 1. The molecule has 5 rings (SSSR count). The largest absolute Gasteiger partial charge is 0.335 e. The van der Waals surface area contributed by atoms with Crippen LogP contribution in [0.4, 0.5) is 14.9 Å². The monoisotopic (exact) mass is 442 g/mol. The number of hydrogen-bond donors (Lipinski definition) is 2. The Morgan fingerprint density at radius 3 is 2.36 bits per heavy atom. The minimum atomic E-state index is -1.19. The van der Waals surface area contributed by atoms with E-state index in [1.165, 1.54) is 16.5 Å². The number of benzene rings is 3. The fourth-order valence-corrected chi connectivity index (χ4v) is 4.24. The number of benzodiazepines with no additional fused rings is 1. The Morgan fingerprint density at radius 1 is 0.939 bits per heavy atom. The maximum absolute atomic E-state index is 14.7. The van der Waals surface area contributed by atoms with Gasteiger partial charge in [-0.2, -0.15) is 0 Å². The number of urea groups is 1. The summed E-state index contributed by atoms with van der Waals surface area (Å²) >= 11 is 0.